The second kappa shape index (κ2) is 11.1. The van der Waals surface area contributed by atoms with Crippen LogP contribution in [-0.4, -0.2) is 36.4 Å². The van der Waals surface area contributed by atoms with Crippen molar-refractivity contribution in [2.75, 3.05) is 13.7 Å². The molecule has 5 nitrogen and oxygen atoms in total. The molecule has 0 aliphatic rings. The standard InChI is InChI=1S/C23H30N2O3/c1-4-5-15-24-23(27)18(2)25(17-20-11-13-21(28-3)14-12-20)22(26)16-19-9-7-6-8-10-19/h6-14,18H,4-5,15-17H2,1-3H3,(H,24,27). The molecule has 1 N–H and O–H groups in total. The maximum absolute atomic E-state index is 13.0. The highest BCUT2D eigenvalue weighted by molar-refractivity contribution is 5.88. The summed E-state index contributed by atoms with van der Waals surface area (Å²) < 4.78 is 5.20. The molecule has 0 saturated carbocycles. The number of amides is 2. The summed E-state index contributed by atoms with van der Waals surface area (Å²) in [5.41, 5.74) is 1.89. The van der Waals surface area contributed by atoms with Crippen LogP contribution in [0.5, 0.6) is 5.75 Å². The fraction of sp³-hybridized carbons (Fsp3) is 0.391. The van der Waals surface area contributed by atoms with Gasteiger partial charge < -0.3 is 15.0 Å². The van der Waals surface area contributed by atoms with Crippen LogP contribution >= 0.6 is 0 Å². The molecule has 0 fully saturated rings. The highest BCUT2D eigenvalue weighted by Gasteiger charge is 2.26. The van der Waals surface area contributed by atoms with Crippen molar-refractivity contribution in [3.63, 3.8) is 0 Å². The fourth-order valence-corrected chi connectivity index (χ4v) is 2.92. The zero-order valence-corrected chi connectivity index (χ0v) is 17.0. The van der Waals surface area contributed by atoms with Crippen LogP contribution in [0.3, 0.4) is 0 Å². The average molecular weight is 383 g/mol. The monoisotopic (exact) mass is 382 g/mol. The molecular weight excluding hydrogens is 352 g/mol. The molecule has 0 heterocycles. The van der Waals surface area contributed by atoms with Crippen molar-refractivity contribution in [1.29, 1.82) is 0 Å². The van der Waals surface area contributed by atoms with Crippen LogP contribution < -0.4 is 10.1 Å². The van der Waals surface area contributed by atoms with Gasteiger partial charge >= 0.3 is 0 Å². The van der Waals surface area contributed by atoms with Gasteiger partial charge in [-0.2, -0.15) is 0 Å². The zero-order valence-electron chi connectivity index (χ0n) is 17.0. The topological polar surface area (TPSA) is 58.6 Å². The molecule has 0 radical (unpaired) electrons. The lowest BCUT2D eigenvalue weighted by atomic mass is 10.1. The molecule has 2 rings (SSSR count). The first kappa shape index (κ1) is 21.5. The first-order valence-corrected chi connectivity index (χ1v) is 9.79. The van der Waals surface area contributed by atoms with E-state index in [9.17, 15) is 9.59 Å². The first-order chi connectivity index (χ1) is 13.5. The van der Waals surface area contributed by atoms with E-state index in [0.29, 0.717) is 13.1 Å². The largest absolute Gasteiger partial charge is 0.497 e. The summed E-state index contributed by atoms with van der Waals surface area (Å²) in [6.45, 7) is 4.86. The summed E-state index contributed by atoms with van der Waals surface area (Å²) in [4.78, 5) is 27.3. The van der Waals surface area contributed by atoms with E-state index in [-0.39, 0.29) is 18.2 Å². The minimum absolute atomic E-state index is 0.0693. The smallest absolute Gasteiger partial charge is 0.242 e. The van der Waals surface area contributed by atoms with Gasteiger partial charge in [-0.15, -0.1) is 0 Å². The Morgan fingerprint density at radius 3 is 2.32 bits per heavy atom. The molecule has 2 aromatic rings. The number of methoxy groups -OCH3 is 1. The summed E-state index contributed by atoms with van der Waals surface area (Å²) in [5, 5.41) is 2.93. The van der Waals surface area contributed by atoms with E-state index in [2.05, 4.69) is 12.2 Å². The van der Waals surface area contributed by atoms with E-state index in [0.717, 1.165) is 29.7 Å². The van der Waals surface area contributed by atoms with Gasteiger partial charge in [0.1, 0.15) is 11.8 Å². The highest BCUT2D eigenvalue weighted by Crippen LogP contribution is 2.16. The number of nitrogens with one attached hydrogen (secondary N) is 1. The van der Waals surface area contributed by atoms with Gasteiger partial charge in [-0.25, -0.2) is 0 Å². The number of benzene rings is 2. The molecular formula is C23H30N2O3. The Balaban J connectivity index is 2.15. The Morgan fingerprint density at radius 1 is 1.04 bits per heavy atom. The Morgan fingerprint density at radius 2 is 1.71 bits per heavy atom. The van der Waals surface area contributed by atoms with Crippen molar-refractivity contribution in [3.8, 4) is 5.75 Å². The van der Waals surface area contributed by atoms with Crippen LogP contribution in [0, 0.1) is 0 Å². The molecule has 0 bridgehead atoms. The molecule has 150 valence electrons. The molecule has 0 aliphatic heterocycles. The molecule has 1 unspecified atom stereocenters. The normalized spacial score (nSPS) is 11.5. The Bertz CT molecular complexity index is 744. The second-order valence-corrected chi connectivity index (χ2v) is 6.85. The summed E-state index contributed by atoms with van der Waals surface area (Å²) in [7, 11) is 1.62. The highest BCUT2D eigenvalue weighted by atomic mass is 16.5. The molecule has 0 aliphatic carbocycles. The van der Waals surface area contributed by atoms with Gasteiger partial charge in [-0.05, 0) is 36.6 Å². The molecule has 0 saturated heterocycles. The number of unbranched alkanes of at least 4 members (excludes halogenated alkanes) is 1. The van der Waals surface area contributed by atoms with Crippen molar-refractivity contribution < 1.29 is 14.3 Å². The van der Waals surface area contributed by atoms with Gasteiger partial charge in [0, 0.05) is 13.1 Å². The molecule has 2 aromatic carbocycles. The second-order valence-electron chi connectivity index (χ2n) is 6.85. The van der Waals surface area contributed by atoms with E-state index >= 15 is 0 Å². The number of ether oxygens (including phenoxy) is 1. The van der Waals surface area contributed by atoms with E-state index in [4.69, 9.17) is 4.74 Å². The molecule has 1 atom stereocenters. The Labute approximate surface area is 167 Å². The van der Waals surface area contributed by atoms with Crippen LogP contribution in [0.25, 0.3) is 0 Å². The Kier molecular flexibility index (Phi) is 8.53. The van der Waals surface area contributed by atoms with Gasteiger partial charge in [0.2, 0.25) is 11.8 Å². The van der Waals surface area contributed by atoms with Crippen LogP contribution in [0.1, 0.15) is 37.8 Å². The van der Waals surface area contributed by atoms with Crippen LogP contribution in [0.15, 0.2) is 54.6 Å². The lowest BCUT2D eigenvalue weighted by molar-refractivity contribution is -0.140. The molecule has 5 heteroatoms. The minimum atomic E-state index is -0.546. The number of nitrogens with zero attached hydrogens (tertiary/aromatic N) is 1. The van der Waals surface area contributed by atoms with E-state index in [1.165, 1.54) is 0 Å². The third kappa shape index (κ3) is 6.41. The van der Waals surface area contributed by atoms with Crippen molar-refractivity contribution in [2.45, 2.75) is 45.7 Å². The lowest BCUT2D eigenvalue weighted by Crippen LogP contribution is -2.48. The van der Waals surface area contributed by atoms with Crippen molar-refractivity contribution in [2.24, 2.45) is 0 Å². The Hall–Kier alpha value is -2.82. The number of hydrogen-bond acceptors (Lipinski definition) is 3. The number of carbonyl (C=O) groups excluding carboxylic acids is 2. The zero-order chi connectivity index (χ0) is 20.4. The number of hydrogen-bond donors (Lipinski definition) is 1. The van der Waals surface area contributed by atoms with Crippen LogP contribution in [0.2, 0.25) is 0 Å². The summed E-state index contributed by atoms with van der Waals surface area (Å²) in [6.07, 6.45) is 2.20. The van der Waals surface area contributed by atoms with Crippen molar-refractivity contribution in [1.82, 2.24) is 10.2 Å². The lowest BCUT2D eigenvalue weighted by Gasteiger charge is -2.29. The van der Waals surface area contributed by atoms with E-state index < -0.39 is 6.04 Å². The molecule has 2 amide bonds. The summed E-state index contributed by atoms with van der Waals surface area (Å²) >= 11 is 0. The quantitative estimate of drug-likeness (QED) is 0.639. The average Bonchev–Trinajstić information content (AvgIpc) is 2.72. The third-order valence-corrected chi connectivity index (χ3v) is 4.71. The molecule has 28 heavy (non-hydrogen) atoms. The van der Waals surface area contributed by atoms with Crippen molar-refractivity contribution in [3.05, 3.63) is 65.7 Å². The van der Waals surface area contributed by atoms with Gasteiger partial charge in [-0.3, -0.25) is 9.59 Å². The van der Waals surface area contributed by atoms with Gasteiger partial charge in [0.05, 0.1) is 13.5 Å². The first-order valence-electron chi connectivity index (χ1n) is 9.79. The SMILES string of the molecule is CCCCNC(=O)C(C)N(Cc1ccc(OC)cc1)C(=O)Cc1ccccc1. The van der Waals surface area contributed by atoms with Crippen LogP contribution in [-0.2, 0) is 22.6 Å². The van der Waals surface area contributed by atoms with E-state index in [1.807, 2.05) is 54.6 Å². The molecule has 0 aromatic heterocycles. The number of carbonyl (C=O) groups is 2. The summed E-state index contributed by atoms with van der Waals surface area (Å²) in [6, 6.07) is 16.6. The predicted molar refractivity (Wildman–Crippen MR) is 111 cm³/mol. The summed E-state index contributed by atoms with van der Waals surface area (Å²) in [5.74, 6) is 0.569. The number of rotatable bonds is 10. The maximum atomic E-state index is 13.0. The van der Waals surface area contributed by atoms with Crippen LogP contribution in [0.4, 0.5) is 0 Å². The molecule has 0 spiro atoms. The third-order valence-electron chi connectivity index (χ3n) is 4.71. The maximum Gasteiger partial charge on any atom is 0.242 e. The minimum Gasteiger partial charge on any atom is -0.497 e. The fourth-order valence-electron chi connectivity index (χ4n) is 2.92. The van der Waals surface area contributed by atoms with Gasteiger partial charge in [0.15, 0.2) is 0 Å². The van der Waals surface area contributed by atoms with Gasteiger partial charge in [0.25, 0.3) is 0 Å². The predicted octanol–water partition coefficient (Wildman–Crippen LogP) is 3.57. The van der Waals surface area contributed by atoms with Gasteiger partial charge in [-0.1, -0.05) is 55.8 Å². The van der Waals surface area contributed by atoms with Crippen molar-refractivity contribution >= 4 is 11.8 Å². The van der Waals surface area contributed by atoms with E-state index in [1.54, 1.807) is 18.9 Å².